The Labute approximate surface area is 158 Å². The molecule has 5 nitrogen and oxygen atoms in total. The highest BCUT2D eigenvalue weighted by Crippen LogP contribution is 2.47. The first kappa shape index (κ1) is 18.7. The summed E-state index contributed by atoms with van der Waals surface area (Å²) in [6.07, 6.45) is 0. The Balaban J connectivity index is 2.34. The van der Waals surface area contributed by atoms with E-state index in [-0.39, 0.29) is 18.8 Å². The molecule has 27 heavy (non-hydrogen) atoms. The minimum absolute atomic E-state index is 0.146. The molecule has 140 valence electrons. The number of carbonyl (C=O) groups excluding carboxylic acids is 2. The molecule has 0 unspecified atom stereocenters. The first-order chi connectivity index (χ1) is 13.1. The minimum atomic E-state index is -1.72. The van der Waals surface area contributed by atoms with Gasteiger partial charge in [-0.2, -0.15) is 0 Å². The van der Waals surface area contributed by atoms with Gasteiger partial charge in [0.2, 0.25) is 0 Å². The molecule has 2 aromatic carbocycles. The Morgan fingerprint density at radius 2 is 1.56 bits per heavy atom. The van der Waals surface area contributed by atoms with E-state index >= 15 is 0 Å². The van der Waals surface area contributed by atoms with Crippen LogP contribution in [0, 0.1) is 0 Å². The third-order valence-electron chi connectivity index (χ3n) is 4.50. The Morgan fingerprint density at radius 1 is 0.926 bits per heavy atom. The summed E-state index contributed by atoms with van der Waals surface area (Å²) < 4.78 is 16.9. The van der Waals surface area contributed by atoms with Crippen molar-refractivity contribution in [2.75, 3.05) is 13.2 Å². The number of fused-ring (bicyclic) bond motifs is 1. The monoisotopic (exact) mass is 366 g/mol. The predicted molar refractivity (Wildman–Crippen MR) is 101 cm³/mol. The molecule has 0 bridgehead atoms. The average Bonchev–Trinajstić information content (AvgIpc) is 2.68. The normalized spacial score (nSPS) is 18.3. The van der Waals surface area contributed by atoms with Gasteiger partial charge in [-0.1, -0.05) is 48.5 Å². The van der Waals surface area contributed by atoms with Crippen molar-refractivity contribution in [3.8, 4) is 5.75 Å². The smallest absolute Gasteiger partial charge is 0.360 e. The number of para-hydroxylation sites is 1. The second-order valence-electron chi connectivity index (χ2n) is 6.09. The SMILES string of the molecule is CCOC(=O)C1=C(C)c2ccccc2O[C@]1(C(=O)OCC)c1ccccc1. The lowest BCUT2D eigenvalue weighted by Crippen LogP contribution is -2.49. The molecule has 0 amide bonds. The van der Waals surface area contributed by atoms with E-state index in [0.717, 1.165) is 5.56 Å². The summed E-state index contributed by atoms with van der Waals surface area (Å²) in [5.74, 6) is -0.727. The lowest BCUT2D eigenvalue weighted by molar-refractivity contribution is -0.163. The fourth-order valence-corrected chi connectivity index (χ4v) is 3.35. The van der Waals surface area contributed by atoms with Gasteiger partial charge in [-0.05, 0) is 32.4 Å². The van der Waals surface area contributed by atoms with E-state index in [1.165, 1.54) is 0 Å². The van der Waals surface area contributed by atoms with Crippen molar-refractivity contribution in [2.45, 2.75) is 26.4 Å². The fraction of sp³-hybridized carbons (Fsp3) is 0.273. The lowest BCUT2D eigenvalue weighted by Gasteiger charge is -2.38. The van der Waals surface area contributed by atoms with Gasteiger partial charge in [-0.15, -0.1) is 0 Å². The molecular formula is C22H22O5. The molecule has 0 saturated carbocycles. The largest absolute Gasteiger partial charge is 0.465 e. The van der Waals surface area contributed by atoms with Crippen molar-refractivity contribution < 1.29 is 23.8 Å². The van der Waals surface area contributed by atoms with Gasteiger partial charge in [-0.25, -0.2) is 9.59 Å². The van der Waals surface area contributed by atoms with E-state index in [1.807, 2.05) is 24.3 Å². The second-order valence-corrected chi connectivity index (χ2v) is 6.09. The van der Waals surface area contributed by atoms with E-state index in [0.29, 0.717) is 16.9 Å². The molecule has 0 aromatic heterocycles. The van der Waals surface area contributed by atoms with Crippen molar-refractivity contribution in [1.82, 2.24) is 0 Å². The fourth-order valence-electron chi connectivity index (χ4n) is 3.35. The number of ether oxygens (including phenoxy) is 3. The summed E-state index contributed by atoms with van der Waals surface area (Å²) >= 11 is 0. The van der Waals surface area contributed by atoms with Crippen molar-refractivity contribution in [3.05, 3.63) is 71.3 Å². The molecule has 0 saturated heterocycles. The van der Waals surface area contributed by atoms with Crippen LogP contribution in [-0.2, 0) is 24.7 Å². The van der Waals surface area contributed by atoms with Crippen LogP contribution in [0.1, 0.15) is 31.9 Å². The molecule has 1 heterocycles. The number of benzene rings is 2. The lowest BCUT2D eigenvalue weighted by atomic mass is 9.79. The molecule has 2 aromatic rings. The summed E-state index contributed by atoms with van der Waals surface area (Å²) in [6.45, 7) is 5.58. The Hall–Kier alpha value is -3.08. The Kier molecular flexibility index (Phi) is 5.31. The van der Waals surface area contributed by atoms with Crippen LogP contribution in [0.5, 0.6) is 5.75 Å². The van der Waals surface area contributed by atoms with Crippen molar-refractivity contribution >= 4 is 17.5 Å². The van der Waals surface area contributed by atoms with Crippen molar-refractivity contribution in [3.63, 3.8) is 0 Å². The molecule has 3 rings (SSSR count). The molecule has 0 spiro atoms. The third kappa shape index (κ3) is 3.10. The highest BCUT2D eigenvalue weighted by molar-refractivity contribution is 6.08. The van der Waals surface area contributed by atoms with Crippen LogP contribution in [0.3, 0.4) is 0 Å². The van der Waals surface area contributed by atoms with E-state index in [9.17, 15) is 9.59 Å². The summed E-state index contributed by atoms with van der Waals surface area (Å²) in [4.78, 5) is 26.2. The molecule has 1 aliphatic heterocycles. The summed E-state index contributed by atoms with van der Waals surface area (Å²) in [6, 6.07) is 16.2. The zero-order chi connectivity index (χ0) is 19.4. The summed E-state index contributed by atoms with van der Waals surface area (Å²) in [5, 5.41) is 0. The van der Waals surface area contributed by atoms with E-state index in [4.69, 9.17) is 14.2 Å². The van der Waals surface area contributed by atoms with Crippen LogP contribution in [0.25, 0.3) is 5.57 Å². The maximum atomic E-state index is 13.2. The van der Waals surface area contributed by atoms with Crippen molar-refractivity contribution in [2.24, 2.45) is 0 Å². The van der Waals surface area contributed by atoms with Crippen molar-refractivity contribution in [1.29, 1.82) is 0 Å². The molecule has 0 N–H and O–H groups in total. The highest BCUT2D eigenvalue weighted by atomic mass is 16.6. The van der Waals surface area contributed by atoms with Gasteiger partial charge in [0.15, 0.2) is 0 Å². The van der Waals surface area contributed by atoms with Gasteiger partial charge in [0.25, 0.3) is 5.60 Å². The maximum absolute atomic E-state index is 13.2. The number of hydrogen-bond donors (Lipinski definition) is 0. The van der Waals surface area contributed by atoms with Gasteiger partial charge in [0, 0.05) is 11.1 Å². The predicted octanol–water partition coefficient (Wildman–Crippen LogP) is 3.87. The van der Waals surface area contributed by atoms with Crippen LogP contribution >= 0.6 is 0 Å². The first-order valence-electron chi connectivity index (χ1n) is 8.95. The minimum Gasteiger partial charge on any atom is -0.465 e. The molecule has 5 heteroatoms. The standard InChI is InChI=1S/C22H22O5/c1-4-25-20(23)19-15(3)17-13-9-10-14-18(17)27-22(19,21(24)26-5-2)16-11-7-6-8-12-16/h6-14H,4-5H2,1-3H3/t22-/m1/s1. The zero-order valence-corrected chi connectivity index (χ0v) is 15.7. The number of esters is 2. The van der Waals surface area contributed by atoms with Gasteiger partial charge < -0.3 is 14.2 Å². The number of hydrogen-bond acceptors (Lipinski definition) is 5. The number of rotatable bonds is 5. The molecule has 0 fully saturated rings. The van der Waals surface area contributed by atoms with Crippen LogP contribution in [0.15, 0.2) is 60.2 Å². The highest BCUT2D eigenvalue weighted by Gasteiger charge is 2.54. The Morgan fingerprint density at radius 3 is 2.22 bits per heavy atom. The van der Waals surface area contributed by atoms with Crippen LogP contribution in [0.2, 0.25) is 0 Å². The van der Waals surface area contributed by atoms with E-state index < -0.39 is 17.5 Å². The van der Waals surface area contributed by atoms with Crippen LogP contribution in [0.4, 0.5) is 0 Å². The van der Waals surface area contributed by atoms with Crippen LogP contribution < -0.4 is 4.74 Å². The topological polar surface area (TPSA) is 61.8 Å². The number of carbonyl (C=O) groups is 2. The van der Waals surface area contributed by atoms with Gasteiger partial charge in [0.1, 0.15) is 11.3 Å². The van der Waals surface area contributed by atoms with E-state index in [1.54, 1.807) is 51.1 Å². The average molecular weight is 366 g/mol. The quantitative estimate of drug-likeness (QED) is 0.752. The zero-order valence-electron chi connectivity index (χ0n) is 15.7. The molecule has 1 aliphatic rings. The number of allylic oxidation sites excluding steroid dienone is 1. The van der Waals surface area contributed by atoms with Gasteiger partial charge in [-0.3, -0.25) is 0 Å². The Bertz CT molecular complexity index is 885. The first-order valence-corrected chi connectivity index (χ1v) is 8.95. The molecule has 0 radical (unpaired) electrons. The second kappa shape index (κ2) is 7.66. The van der Waals surface area contributed by atoms with Crippen LogP contribution in [-0.4, -0.2) is 25.2 Å². The third-order valence-corrected chi connectivity index (χ3v) is 4.50. The molecular weight excluding hydrogens is 344 g/mol. The summed E-state index contributed by atoms with van der Waals surface area (Å²) in [5.41, 5.74) is 0.318. The van der Waals surface area contributed by atoms with E-state index in [2.05, 4.69) is 0 Å². The molecule has 1 atom stereocenters. The van der Waals surface area contributed by atoms with Gasteiger partial charge in [0.05, 0.1) is 13.2 Å². The van der Waals surface area contributed by atoms with Gasteiger partial charge >= 0.3 is 11.9 Å². The maximum Gasteiger partial charge on any atom is 0.360 e. The summed E-state index contributed by atoms with van der Waals surface area (Å²) in [7, 11) is 0. The molecule has 0 aliphatic carbocycles.